The van der Waals surface area contributed by atoms with Crippen LogP contribution in [0.15, 0.2) is 47.4 Å². The fourth-order valence-corrected chi connectivity index (χ4v) is 4.69. The molecule has 2 aromatic rings. The van der Waals surface area contributed by atoms with E-state index in [2.05, 4.69) is 21.8 Å². The Bertz CT molecular complexity index is 997. The Kier molecular flexibility index (Phi) is 6.80. The molecule has 2 aromatic carbocycles. The van der Waals surface area contributed by atoms with Crippen LogP contribution in [0.4, 0.5) is 18.9 Å². The number of alkyl halides is 3. The van der Waals surface area contributed by atoms with Crippen LogP contribution >= 0.6 is 0 Å². The lowest BCUT2D eigenvalue weighted by Gasteiger charge is -2.28. The molecule has 1 atom stereocenters. The van der Waals surface area contributed by atoms with E-state index in [9.17, 15) is 32.0 Å². The van der Waals surface area contributed by atoms with Gasteiger partial charge < -0.3 is 5.21 Å². The molecule has 0 saturated heterocycles. The molecule has 1 aliphatic heterocycles. The van der Waals surface area contributed by atoms with Crippen molar-refractivity contribution in [1.82, 2.24) is 9.62 Å². The molecule has 0 aromatic heterocycles. The molecule has 7 nitrogen and oxygen atoms in total. The van der Waals surface area contributed by atoms with Gasteiger partial charge in [0.15, 0.2) is 5.69 Å². The first-order valence-electron chi connectivity index (χ1n) is 9.31. The van der Waals surface area contributed by atoms with E-state index in [4.69, 9.17) is 0 Å². The maximum atomic E-state index is 12.8. The molecule has 1 unspecified atom stereocenters. The molecule has 0 bridgehead atoms. The van der Waals surface area contributed by atoms with E-state index in [1.165, 1.54) is 11.1 Å². The van der Waals surface area contributed by atoms with Gasteiger partial charge in [-0.2, -0.15) is 18.4 Å². The highest BCUT2D eigenvalue weighted by Gasteiger charge is 2.34. The van der Waals surface area contributed by atoms with Crippen molar-refractivity contribution in [3.8, 4) is 0 Å². The lowest BCUT2D eigenvalue weighted by Crippen LogP contribution is -2.99. The Morgan fingerprint density at radius 3 is 2.53 bits per heavy atom. The van der Waals surface area contributed by atoms with E-state index >= 15 is 0 Å². The minimum absolute atomic E-state index is 0.0422. The lowest BCUT2D eigenvalue weighted by molar-refractivity contribution is -0.992. The van der Waals surface area contributed by atoms with Crippen LogP contribution in [-0.2, 0) is 29.2 Å². The summed E-state index contributed by atoms with van der Waals surface area (Å²) in [6.07, 6.45) is -3.38. The smallest absolute Gasteiger partial charge is 0.416 e. The number of nitrogens with zero attached hydrogens (tertiary/aromatic N) is 1. The molecule has 3 rings (SSSR count). The van der Waals surface area contributed by atoms with Crippen molar-refractivity contribution in [3.05, 3.63) is 64.4 Å². The Balaban J connectivity index is 1.60. The zero-order valence-electron chi connectivity index (χ0n) is 15.9. The van der Waals surface area contributed by atoms with E-state index in [0.717, 1.165) is 19.5 Å². The highest BCUT2D eigenvalue weighted by Crippen LogP contribution is 2.32. The molecule has 30 heavy (non-hydrogen) atoms. The summed E-state index contributed by atoms with van der Waals surface area (Å²) in [5.41, 5.74) is 0.410. The van der Waals surface area contributed by atoms with Gasteiger partial charge >= 0.3 is 6.18 Å². The fraction of sp³-hybridized carbons (Fsp3) is 0.368. The zero-order chi connectivity index (χ0) is 21.9. The molecule has 1 heterocycles. The standard InChI is InChI=1S/C19H22F3N3O4S/c20-19(21,22)16-6-7-18(17(12-16)25(26)27)30(28,29)23-9-3-10-24-11-8-14-4-1-2-5-15(14)13-24/h1-2,4-7,12,23,25-26H,3,8-11,13H2. The highest BCUT2D eigenvalue weighted by molar-refractivity contribution is 7.89. The van der Waals surface area contributed by atoms with Crippen molar-refractivity contribution < 1.29 is 32.0 Å². The third-order valence-electron chi connectivity index (χ3n) is 4.98. The lowest BCUT2D eigenvalue weighted by atomic mass is 10.00. The molecule has 0 radical (unpaired) electrons. The zero-order valence-corrected chi connectivity index (χ0v) is 16.8. The van der Waals surface area contributed by atoms with Crippen molar-refractivity contribution >= 4 is 15.7 Å². The van der Waals surface area contributed by atoms with E-state index in [1.807, 2.05) is 12.1 Å². The number of quaternary nitrogens is 1. The van der Waals surface area contributed by atoms with Crippen LogP contribution in [0.3, 0.4) is 0 Å². The number of fused-ring (bicyclic) bond motifs is 1. The van der Waals surface area contributed by atoms with Gasteiger partial charge in [-0.05, 0) is 42.6 Å². The Labute approximate surface area is 172 Å². The monoisotopic (exact) mass is 445 g/mol. The summed E-state index contributed by atoms with van der Waals surface area (Å²) < 4.78 is 65.7. The highest BCUT2D eigenvalue weighted by atomic mass is 32.2. The van der Waals surface area contributed by atoms with Gasteiger partial charge in [0.05, 0.1) is 5.56 Å². The quantitative estimate of drug-likeness (QED) is 0.446. The Hall–Kier alpha value is -2.02. The van der Waals surface area contributed by atoms with Gasteiger partial charge in [0, 0.05) is 25.7 Å². The molecule has 0 aliphatic carbocycles. The molecule has 0 amide bonds. The van der Waals surface area contributed by atoms with Crippen molar-refractivity contribution in [3.63, 3.8) is 0 Å². The second kappa shape index (κ2) is 9.00. The second-order valence-corrected chi connectivity index (χ2v) is 8.80. The predicted octanol–water partition coefficient (Wildman–Crippen LogP) is 1.84. The SMILES string of the molecule is O=S(=O)(NCCCN1CCc2ccccc2C1)c1ccc(C(F)(F)F)cc1[NH+]([O-])O. The molecular formula is C19H22F3N3O4S. The molecular weight excluding hydrogens is 423 g/mol. The van der Waals surface area contributed by atoms with Crippen molar-refractivity contribution in [2.75, 3.05) is 19.6 Å². The van der Waals surface area contributed by atoms with Crippen LogP contribution in [0.5, 0.6) is 0 Å². The minimum Gasteiger partial charge on any atom is -0.595 e. The van der Waals surface area contributed by atoms with Crippen LogP contribution in [-0.4, -0.2) is 38.2 Å². The average Bonchev–Trinajstić information content (AvgIpc) is 2.70. The van der Waals surface area contributed by atoms with Gasteiger partial charge in [-0.1, -0.05) is 24.3 Å². The number of nitrogens with one attached hydrogen (secondary N) is 2. The summed E-state index contributed by atoms with van der Waals surface area (Å²) in [4.78, 5) is 1.51. The van der Waals surface area contributed by atoms with Crippen molar-refractivity contribution in [1.29, 1.82) is 0 Å². The minimum atomic E-state index is -4.77. The van der Waals surface area contributed by atoms with Gasteiger partial charge in [0.2, 0.25) is 10.0 Å². The summed E-state index contributed by atoms with van der Waals surface area (Å²) in [7, 11) is -4.27. The first kappa shape index (κ1) is 22.7. The first-order valence-corrected chi connectivity index (χ1v) is 10.8. The van der Waals surface area contributed by atoms with Crippen LogP contribution in [0.2, 0.25) is 0 Å². The fourth-order valence-electron chi connectivity index (χ4n) is 3.44. The number of halogens is 3. The van der Waals surface area contributed by atoms with Crippen LogP contribution in [0.1, 0.15) is 23.1 Å². The van der Waals surface area contributed by atoms with E-state index < -0.39 is 37.6 Å². The van der Waals surface area contributed by atoms with E-state index in [0.29, 0.717) is 31.2 Å². The summed E-state index contributed by atoms with van der Waals surface area (Å²) in [5.74, 6) is 0. The van der Waals surface area contributed by atoms with E-state index in [-0.39, 0.29) is 6.54 Å². The number of hydrogen-bond donors (Lipinski definition) is 3. The molecule has 164 valence electrons. The third kappa shape index (κ3) is 5.36. The van der Waals surface area contributed by atoms with Gasteiger partial charge in [0.1, 0.15) is 4.90 Å². The predicted molar refractivity (Wildman–Crippen MR) is 102 cm³/mol. The summed E-state index contributed by atoms with van der Waals surface area (Å²) in [6.45, 7) is 2.30. The second-order valence-electron chi connectivity index (χ2n) is 7.06. The molecule has 1 aliphatic rings. The summed E-state index contributed by atoms with van der Waals surface area (Å²) in [6, 6.07) is 9.69. The maximum Gasteiger partial charge on any atom is 0.416 e. The first-order chi connectivity index (χ1) is 14.1. The average molecular weight is 445 g/mol. The van der Waals surface area contributed by atoms with Crippen LogP contribution in [0.25, 0.3) is 0 Å². The summed E-state index contributed by atoms with van der Waals surface area (Å²) in [5, 5.41) is 18.8. The number of sulfonamides is 1. The summed E-state index contributed by atoms with van der Waals surface area (Å²) >= 11 is 0. The molecule has 0 saturated carbocycles. The van der Waals surface area contributed by atoms with Crippen LogP contribution in [0, 0.1) is 5.21 Å². The van der Waals surface area contributed by atoms with Crippen molar-refractivity contribution in [2.24, 2.45) is 0 Å². The largest absolute Gasteiger partial charge is 0.595 e. The van der Waals surface area contributed by atoms with Crippen LogP contribution < -0.4 is 9.95 Å². The van der Waals surface area contributed by atoms with Gasteiger partial charge in [-0.15, -0.1) is 0 Å². The topological polar surface area (TPSA) is 97.1 Å². The number of hydrogen-bond acceptors (Lipinski definition) is 5. The van der Waals surface area contributed by atoms with Gasteiger partial charge in [-0.3, -0.25) is 4.90 Å². The molecule has 11 heteroatoms. The third-order valence-corrected chi connectivity index (χ3v) is 6.50. The molecule has 0 fully saturated rings. The Morgan fingerprint density at radius 1 is 1.17 bits per heavy atom. The van der Waals surface area contributed by atoms with Gasteiger partial charge in [-0.25, -0.2) is 18.3 Å². The Morgan fingerprint density at radius 2 is 1.87 bits per heavy atom. The van der Waals surface area contributed by atoms with Gasteiger partial charge in [0.25, 0.3) is 0 Å². The number of rotatable bonds is 7. The van der Waals surface area contributed by atoms with Crippen molar-refractivity contribution in [2.45, 2.75) is 30.5 Å². The molecule has 3 N–H and O–H groups in total. The molecule has 0 spiro atoms. The maximum absolute atomic E-state index is 12.8. The van der Waals surface area contributed by atoms with E-state index in [1.54, 1.807) is 0 Å². The number of benzene rings is 2. The normalized spacial score (nSPS) is 16.3.